The average molecular weight is 216 g/mol. The molecule has 0 saturated carbocycles. The van der Waals surface area contributed by atoms with Crippen LogP contribution >= 0.6 is 0 Å². The molecule has 90 valence electrons. The zero-order valence-electron chi connectivity index (χ0n) is 9.95. The van der Waals surface area contributed by atoms with E-state index in [4.69, 9.17) is 14.6 Å². The molecule has 0 spiro atoms. The van der Waals surface area contributed by atoms with Crippen molar-refractivity contribution in [3.63, 3.8) is 0 Å². The first kappa shape index (κ1) is 12.9. The van der Waals surface area contributed by atoms with Gasteiger partial charge in [-0.1, -0.05) is 13.8 Å². The third-order valence-electron chi connectivity index (χ3n) is 3.05. The largest absolute Gasteiger partial charge is 0.396 e. The Kier molecular flexibility index (Phi) is 6.22. The maximum absolute atomic E-state index is 8.75. The Hall–Kier alpha value is -0.120. The van der Waals surface area contributed by atoms with Gasteiger partial charge >= 0.3 is 0 Å². The number of ether oxygens (including phenoxy) is 2. The predicted octanol–water partition coefficient (Wildman–Crippen LogP) is 2.18. The Morgan fingerprint density at radius 3 is 2.93 bits per heavy atom. The number of hydrogen-bond donors (Lipinski definition) is 1. The summed E-state index contributed by atoms with van der Waals surface area (Å²) >= 11 is 0. The highest BCUT2D eigenvalue weighted by molar-refractivity contribution is 4.62. The second-order valence-corrected chi connectivity index (χ2v) is 4.71. The van der Waals surface area contributed by atoms with Gasteiger partial charge in [-0.2, -0.15) is 0 Å². The maximum atomic E-state index is 8.75. The van der Waals surface area contributed by atoms with Gasteiger partial charge in [-0.15, -0.1) is 0 Å². The minimum Gasteiger partial charge on any atom is -0.396 e. The number of hydrogen-bond acceptors (Lipinski definition) is 3. The summed E-state index contributed by atoms with van der Waals surface area (Å²) in [4.78, 5) is 0. The molecular formula is C12H24O3. The van der Waals surface area contributed by atoms with Gasteiger partial charge in [0.15, 0.2) is 6.29 Å². The lowest BCUT2D eigenvalue weighted by Gasteiger charge is -2.27. The molecule has 1 N–H and O–H groups in total. The van der Waals surface area contributed by atoms with Crippen LogP contribution in [0.5, 0.6) is 0 Å². The second-order valence-electron chi connectivity index (χ2n) is 4.71. The molecule has 1 aliphatic heterocycles. The molecule has 1 heterocycles. The van der Waals surface area contributed by atoms with Crippen molar-refractivity contribution in [1.82, 2.24) is 0 Å². The van der Waals surface area contributed by atoms with Crippen LogP contribution in [0.25, 0.3) is 0 Å². The molecule has 0 radical (unpaired) electrons. The summed E-state index contributed by atoms with van der Waals surface area (Å²) in [7, 11) is 0. The van der Waals surface area contributed by atoms with E-state index < -0.39 is 0 Å². The third-order valence-corrected chi connectivity index (χ3v) is 3.05. The van der Waals surface area contributed by atoms with Crippen LogP contribution in [-0.4, -0.2) is 31.2 Å². The van der Waals surface area contributed by atoms with E-state index in [2.05, 4.69) is 13.8 Å². The highest BCUT2D eigenvalue weighted by atomic mass is 16.7. The average Bonchev–Trinajstić information content (AvgIpc) is 2.18. The van der Waals surface area contributed by atoms with Crippen molar-refractivity contribution in [2.45, 2.75) is 45.8 Å². The molecule has 3 nitrogen and oxygen atoms in total. The SMILES string of the molecule is CC(CCO)CCOC1CC(C)CCO1. The molecule has 3 unspecified atom stereocenters. The van der Waals surface area contributed by atoms with Gasteiger partial charge in [0.25, 0.3) is 0 Å². The highest BCUT2D eigenvalue weighted by Crippen LogP contribution is 2.20. The fourth-order valence-electron chi connectivity index (χ4n) is 1.80. The topological polar surface area (TPSA) is 38.7 Å². The lowest BCUT2D eigenvalue weighted by Crippen LogP contribution is -2.27. The van der Waals surface area contributed by atoms with Gasteiger partial charge < -0.3 is 14.6 Å². The fraction of sp³-hybridized carbons (Fsp3) is 1.00. The Labute approximate surface area is 92.8 Å². The summed E-state index contributed by atoms with van der Waals surface area (Å²) in [6, 6.07) is 0. The number of aliphatic hydroxyl groups excluding tert-OH is 1. The molecule has 1 saturated heterocycles. The van der Waals surface area contributed by atoms with Crippen LogP contribution < -0.4 is 0 Å². The zero-order valence-corrected chi connectivity index (χ0v) is 9.95. The van der Waals surface area contributed by atoms with Crippen LogP contribution in [0.2, 0.25) is 0 Å². The molecule has 0 aliphatic carbocycles. The minimum atomic E-state index is 0.00933. The highest BCUT2D eigenvalue weighted by Gasteiger charge is 2.19. The third kappa shape index (κ3) is 5.50. The monoisotopic (exact) mass is 216 g/mol. The van der Waals surface area contributed by atoms with E-state index in [-0.39, 0.29) is 12.9 Å². The van der Waals surface area contributed by atoms with E-state index in [0.29, 0.717) is 5.92 Å². The first-order chi connectivity index (χ1) is 7.22. The first-order valence-corrected chi connectivity index (χ1v) is 6.06. The summed E-state index contributed by atoms with van der Waals surface area (Å²) in [5, 5.41) is 8.75. The molecule has 0 aromatic carbocycles. The number of aliphatic hydroxyl groups is 1. The van der Waals surface area contributed by atoms with Crippen molar-refractivity contribution in [2.24, 2.45) is 11.8 Å². The summed E-state index contributed by atoms with van der Waals surface area (Å²) in [5.41, 5.74) is 0. The molecule has 0 bridgehead atoms. The molecule has 0 aromatic rings. The summed E-state index contributed by atoms with van der Waals surface area (Å²) in [5.74, 6) is 1.26. The van der Waals surface area contributed by atoms with Gasteiger partial charge in [-0.25, -0.2) is 0 Å². The van der Waals surface area contributed by atoms with E-state index >= 15 is 0 Å². The van der Waals surface area contributed by atoms with Gasteiger partial charge in [0.2, 0.25) is 0 Å². The van der Waals surface area contributed by atoms with Crippen LogP contribution in [0.1, 0.15) is 39.5 Å². The van der Waals surface area contributed by atoms with E-state index in [0.717, 1.165) is 44.8 Å². The molecule has 1 rings (SSSR count). The molecule has 0 aromatic heterocycles. The van der Waals surface area contributed by atoms with E-state index in [1.165, 1.54) is 0 Å². The van der Waals surface area contributed by atoms with Crippen LogP contribution in [0.4, 0.5) is 0 Å². The zero-order chi connectivity index (χ0) is 11.1. The Morgan fingerprint density at radius 2 is 2.27 bits per heavy atom. The van der Waals surface area contributed by atoms with Crippen molar-refractivity contribution in [3.05, 3.63) is 0 Å². The van der Waals surface area contributed by atoms with Crippen molar-refractivity contribution in [2.75, 3.05) is 19.8 Å². The normalized spacial score (nSPS) is 29.0. The smallest absolute Gasteiger partial charge is 0.157 e. The maximum Gasteiger partial charge on any atom is 0.157 e. The Bertz CT molecular complexity index is 161. The second kappa shape index (κ2) is 7.20. The van der Waals surface area contributed by atoms with E-state index in [9.17, 15) is 0 Å². The summed E-state index contributed by atoms with van der Waals surface area (Å²) in [6.07, 6.45) is 4.06. The van der Waals surface area contributed by atoms with Gasteiger partial charge in [0, 0.05) is 26.2 Å². The van der Waals surface area contributed by atoms with Crippen LogP contribution in [-0.2, 0) is 9.47 Å². The van der Waals surface area contributed by atoms with Gasteiger partial charge in [-0.05, 0) is 31.1 Å². The molecule has 1 aliphatic rings. The number of rotatable bonds is 6. The molecule has 15 heavy (non-hydrogen) atoms. The Balaban J connectivity index is 2.03. The fourth-order valence-corrected chi connectivity index (χ4v) is 1.80. The lowest BCUT2D eigenvalue weighted by atomic mass is 10.0. The molecule has 1 fully saturated rings. The summed E-state index contributed by atoms with van der Waals surface area (Å²) in [6.45, 7) is 6.24. The Morgan fingerprint density at radius 1 is 1.47 bits per heavy atom. The lowest BCUT2D eigenvalue weighted by molar-refractivity contribution is -0.174. The molecule has 3 atom stereocenters. The molecule has 3 heteroatoms. The van der Waals surface area contributed by atoms with Crippen molar-refractivity contribution in [3.8, 4) is 0 Å². The van der Waals surface area contributed by atoms with Crippen molar-refractivity contribution in [1.29, 1.82) is 0 Å². The quantitative estimate of drug-likeness (QED) is 0.739. The molecular weight excluding hydrogens is 192 g/mol. The first-order valence-electron chi connectivity index (χ1n) is 6.06. The van der Waals surface area contributed by atoms with Gasteiger partial charge in [0.1, 0.15) is 0 Å². The van der Waals surface area contributed by atoms with E-state index in [1.807, 2.05) is 0 Å². The van der Waals surface area contributed by atoms with Crippen LogP contribution in [0, 0.1) is 11.8 Å². The van der Waals surface area contributed by atoms with Crippen molar-refractivity contribution < 1.29 is 14.6 Å². The standard InChI is InChI=1S/C12H24O3/c1-10(3-6-13)4-7-14-12-9-11(2)5-8-15-12/h10-13H,3-9H2,1-2H3. The van der Waals surface area contributed by atoms with Crippen LogP contribution in [0.3, 0.4) is 0 Å². The molecule has 0 amide bonds. The summed E-state index contributed by atoms with van der Waals surface area (Å²) < 4.78 is 11.2. The predicted molar refractivity (Wildman–Crippen MR) is 59.6 cm³/mol. The van der Waals surface area contributed by atoms with Gasteiger partial charge in [0.05, 0.1) is 0 Å². The van der Waals surface area contributed by atoms with Crippen molar-refractivity contribution >= 4 is 0 Å². The minimum absolute atomic E-state index is 0.00933. The van der Waals surface area contributed by atoms with Crippen LogP contribution in [0.15, 0.2) is 0 Å². The van der Waals surface area contributed by atoms with Gasteiger partial charge in [-0.3, -0.25) is 0 Å². The van der Waals surface area contributed by atoms with E-state index in [1.54, 1.807) is 0 Å².